The lowest BCUT2D eigenvalue weighted by Gasteiger charge is -2.16. The van der Waals surface area contributed by atoms with E-state index in [1.54, 1.807) is 13.0 Å². The zero-order valence-corrected chi connectivity index (χ0v) is 12.3. The van der Waals surface area contributed by atoms with Gasteiger partial charge in [-0.1, -0.05) is 13.0 Å². The topological polar surface area (TPSA) is 101 Å². The maximum absolute atomic E-state index is 12.2. The summed E-state index contributed by atoms with van der Waals surface area (Å²) in [5, 5.41) is 11.1. The van der Waals surface area contributed by atoms with E-state index in [-0.39, 0.29) is 22.6 Å². The van der Waals surface area contributed by atoms with Crippen LogP contribution in [0.3, 0.4) is 0 Å². The van der Waals surface area contributed by atoms with Crippen LogP contribution in [0.25, 0.3) is 0 Å². The minimum atomic E-state index is -3.77. The van der Waals surface area contributed by atoms with Crippen LogP contribution >= 0.6 is 0 Å². The monoisotopic (exact) mass is 297 g/mol. The van der Waals surface area contributed by atoms with Crippen molar-refractivity contribution in [2.75, 3.05) is 18.4 Å². The Labute approximate surface area is 118 Å². The second-order valence-corrected chi connectivity index (χ2v) is 6.81. The van der Waals surface area contributed by atoms with Gasteiger partial charge >= 0.3 is 0 Å². The Bertz CT molecular complexity index is 628. The van der Waals surface area contributed by atoms with E-state index in [1.807, 2.05) is 6.92 Å². The number of sulfonamides is 1. The second kappa shape index (κ2) is 5.51. The highest BCUT2D eigenvalue weighted by Gasteiger charge is 2.29. The Balaban J connectivity index is 2.22. The Hall–Kier alpha value is -1.44. The lowest BCUT2D eigenvalue weighted by molar-refractivity contribution is -0.120. The highest BCUT2D eigenvalue weighted by Crippen LogP contribution is 2.22. The van der Waals surface area contributed by atoms with E-state index in [1.165, 1.54) is 12.1 Å². The normalized spacial score (nSPS) is 22.8. The summed E-state index contributed by atoms with van der Waals surface area (Å²) in [7, 11) is -3.77. The van der Waals surface area contributed by atoms with Gasteiger partial charge in [0, 0.05) is 12.2 Å². The third-order valence-corrected chi connectivity index (χ3v) is 4.56. The molecule has 6 nitrogen and oxygen atoms in total. The number of rotatable bonds is 3. The molecule has 0 radical (unpaired) electrons. The van der Waals surface area contributed by atoms with Crippen molar-refractivity contribution in [3.8, 4) is 0 Å². The summed E-state index contributed by atoms with van der Waals surface area (Å²) in [4.78, 5) is 12.2. The third kappa shape index (κ3) is 3.17. The first-order valence-electron chi connectivity index (χ1n) is 6.44. The summed E-state index contributed by atoms with van der Waals surface area (Å²) in [6.45, 7) is 5.27. The van der Waals surface area contributed by atoms with Gasteiger partial charge in [-0.05, 0) is 37.1 Å². The Morgan fingerprint density at radius 2 is 2.10 bits per heavy atom. The van der Waals surface area contributed by atoms with Gasteiger partial charge < -0.3 is 10.6 Å². The van der Waals surface area contributed by atoms with Crippen molar-refractivity contribution < 1.29 is 13.2 Å². The number of aryl methyl sites for hydroxylation is 1. The van der Waals surface area contributed by atoms with Crippen molar-refractivity contribution in [1.29, 1.82) is 0 Å². The molecule has 1 fully saturated rings. The molecule has 110 valence electrons. The molecule has 20 heavy (non-hydrogen) atoms. The van der Waals surface area contributed by atoms with E-state index < -0.39 is 10.0 Å². The molecule has 0 spiro atoms. The fourth-order valence-electron chi connectivity index (χ4n) is 2.30. The van der Waals surface area contributed by atoms with Crippen LogP contribution in [0.2, 0.25) is 0 Å². The SMILES string of the molecule is Cc1ccc(S(N)(=O)=O)cc1NC(=O)C1CNCC1C. The highest BCUT2D eigenvalue weighted by molar-refractivity contribution is 7.89. The van der Waals surface area contributed by atoms with E-state index in [2.05, 4.69) is 10.6 Å². The minimum Gasteiger partial charge on any atom is -0.326 e. The van der Waals surface area contributed by atoms with E-state index in [4.69, 9.17) is 5.14 Å². The fourth-order valence-corrected chi connectivity index (χ4v) is 2.84. The quantitative estimate of drug-likeness (QED) is 0.753. The van der Waals surface area contributed by atoms with Crippen molar-refractivity contribution in [2.45, 2.75) is 18.7 Å². The molecule has 2 unspecified atom stereocenters. The van der Waals surface area contributed by atoms with Gasteiger partial charge in [0.25, 0.3) is 0 Å². The number of carbonyl (C=O) groups excluding carboxylic acids is 1. The summed E-state index contributed by atoms with van der Waals surface area (Å²) in [5.41, 5.74) is 1.28. The number of nitrogens with two attached hydrogens (primary N) is 1. The van der Waals surface area contributed by atoms with E-state index in [0.29, 0.717) is 12.2 Å². The maximum atomic E-state index is 12.2. The highest BCUT2D eigenvalue weighted by atomic mass is 32.2. The number of amides is 1. The minimum absolute atomic E-state index is 0.00371. The summed E-state index contributed by atoms with van der Waals surface area (Å²) < 4.78 is 22.7. The van der Waals surface area contributed by atoms with Gasteiger partial charge in [0.2, 0.25) is 15.9 Å². The molecule has 7 heteroatoms. The zero-order chi connectivity index (χ0) is 14.9. The summed E-state index contributed by atoms with van der Waals surface area (Å²) in [6.07, 6.45) is 0. The number of carbonyl (C=O) groups is 1. The van der Waals surface area contributed by atoms with Crippen LogP contribution in [0.4, 0.5) is 5.69 Å². The van der Waals surface area contributed by atoms with Crippen molar-refractivity contribution in [3.05, 3.63) is 23.8 Å². The number of hydrogen-bond donors (Lipinski definition) is 3. The van der Waals surface area contributed by atoms with Gasteiger partial charge in [0.1, 0.15) is 0 Å². The molecule has 1 aliphatic heterocycles. The first kappa shape index (κ1) is 15.0. The van der Waals surface area contributed by atoms with Gasteiger partial charge in [0.15, 0.2) is 0 Å². The molecule has 1 aliphatic rings. The molecular formula is C13H19N3O3S. The summed E-state index contributed by atoms with van der Waals surface area (Å²) in [5.74, 6) is 0.0569. The van der Waals surface area contributed by atoms with Crippen molar-refractivity contribution in [2.24, 2.45) is 17.0 Å². The molecule has 2 rings (SSSR count). The largest absolute Gasteiger partial charge is 0.326 e. The van der Waals surface area contributed by atoms with Gasteiger partial charge in [-0.2, -0.15) is 0 Å². The van der Waals surface area contributed by atoms with Gasteiger partial charge in [0.05, 0.1) is 10.8 Å². The average Bonchev–Trinajstić information content (AvgIpc) is 2.77. The number of benzene rings is 1. The van der Waals surface area contributed by atoms with E-state index in [9.17, 15) is 13.2 Å². The lowest BCUT2D eigenvalue weighted by atomic mass is 9.97. The van der Waals surface area contributed by atoms with Crippen LogP contribution in [0.5, 0.6) is 0 Å². The Kier molecular flexibility index (Phi) is 4.12. The maximum Gasteiger partial charge on any atom is 0.238 e. The predicted molar refractivity (Wildman–Crippen MR) is 76.7 cm³/mol. The van der Waals surface area contributed by atoms with Crippen LogP contribution < -0.4 is 15.8 Å². The first-order valence-corrected chi connectivity index (χ1v) is 7.98. The van der Waals surface area contributed by atoms with Crippen LogP contribution in [-0.4, -0.2) is 27.4 Å². The van der Waals surface area contributed by atoms with Crippen molar-refractivity contribution in [1.82, 2.24) is 5.32 Å². The molecule has 1 amide bonds. The van der Waals surface area contributed by atoms with Crippen LogP contribution in [0.1, 0.15) is 12.5 Å². The van der Waals surface area contributed by atoms with Crippen molar-refractivity contribution >= 4 is 21.6 Å². The molecule has 0 saturated carbocycles. The average molecular weight is 297 g/mol. The summed E-state index contributed by atoms with van der Waals surface area (Å²) >= 11 is 0. The molecule has 0 aliphatic carbocycles. The lowest BCUT2D eigenvalue weighted by Crippen LogP contribution is -2.28. The van der Waals surface area contributed by atoms with Gasteiger partial charge in [-0.25, -0.2) is 13.6 Å². The molecule has 4 N–H and O–H groups in total. The molecule has 1 aromatic carbocycles. The molecule has 1 saturated heterocycles. The van der Waals surface area contributed by atoms with Gasteiger partial charge in [-0.15, -0.1) is 0 Å². The van der Waals surface area contributed by atoms with Crippen LogP contribution in [-0.2, 0) is 14.8 Å². The summed E-state index contributed by atoms with van der Waals surface area (Å²) in [6, 6.07) is 4.46. The predicted octanol–water partition coefficient (Wildman–Crippen LogP) is 0.436. The van der Waals surface area contributed by atoms with Crippen LogP contribution in [0, 0.1) is 18.8 Å². The third-order valence-electron chi connectivity index (χ3n) is 3.65. The van der Waals surface area contributed by atoms with Crippen molar-refractivity contribution in [3.63, 3.8) is 0 Å². The fraction of sp³-hybridized carbons (Fsp3) is 0.462. The van der Waals surface area contributed by atoms with E-state index >= 15 is 0 Å². The zero-order valence-electron chi connectivity index (χ0n) is 11.5. The number of primary sulfonamides is 1. The van der Waals surface area contributed by atoms with E-state index in [0.717, 1.165) is 12.1 Å². The van der Waals surface area contributed by atoms with Gasteiger partial charge in [-0.3, -0.25) is 4.79 Å². The second-order valence-electron chi connectivity index (χ2n) is 5.25. The number of anilines is 1. The number of nitrogens with one attached hydrogen (secondary N) is 2. The smallest absolute Gasteiger partial charge is 0.238 e. The standard InChI is InChI=1S/C13H19N3O3S/c1-8-3-4-10(20(14,18)19)5-12(8)16-13(17)11-7-15-6-9(11)2/h3-5,9,11,15H,6-7H2,1-2H3,(H,16,17)(H2,14,18,19). The molecule has 1 aromatic rings. The molecule has 0 aromatic heterocycles. The molecule has 1 heterocycles. The van der Waals surface area contributed by atoms with Crippen LogP contribution in [0.15, 0.2) is 23.1 Å². The molecule has 0 bridgehead atoms. The Morgan fingerprint density at radius 3 is 2.65 bits per heavy atom. The first-order chi connectivity index (χ1) is 9.29. The molecule has 2 atom stereocenters. The molecular weight excluding hydrogens is 278 g/mol. The number of hydrogen-bond acceptors (Lipinski definition) is 4. The Morgan fingerprint density at radius 1 is 1.40 bits per heavy atom.